The van der Waals surface area contributed by atoms with E-state index < -0.39 is 0 Å². The van der Waals surface area contributed by atoms with Crippen LogP contribution in [0.4, 0.5) is 0 Å². The molecular weight excluding hydrogens is 210 g/mol. The van der Waals surface area contributed by atoms with Gasteiger partial charge in [-0.2, -0.15) is 0 Å². The van der Waals surface area contributed by atoms with Crippen molar-refractivity contribution < 1.29 is 0 Å². The highest BCUT2D eigenvalue weighted by atomic mass is 15.1. The highest BCUT2D eigenvalue weighted by molar-refractivity contribution is 4.73. The third kappa shape index (κ3) is 6.39. The predicted molar refractivity (Wildman–Crippen MR) is 75.4 cm³/mol. The molecule has 0 bridgehead atoms. The number of likely N-dealkylation sites (tertiary alicyclic amines) is 1. The summed E-state index contributed by atoms with van der Waals surface area (Å²) >= 11 is 0. The summed E-state index contributed by atoms with van der Waals surface area (Å²) in [5.41, 5.74) is 0. The molecule has 1 aliphatic heterocycles. The van der Waals surface area contributed by atoms with Gasteiger partial charge in [0.05, 0.1) is 0 Å². The largest absolute Gasteiger partial charge is 0.317 e. The van der Waals surface area contributed by atoms with Crippen molar-refractivity contribution in [3.05, 3.63) is 0 Å². The molecule has 1 N–H and O–H groups in total. The number of hydrogen-bond acceptors (Lipinski definition) is 3. The Morgan fingerprint density at radius 2 is 2.00 bits per heavy atom. The molecule has 1 heterocycles. The molecule has 1 rings (SSSR count). The summed E-state index contributed by atoms with van der Waals surface area (Å²) in [6.45, 7) is 11.8. The van der Waals surface area contributed by atoms with Gasteiger partial charge in [-0.1, -0.05) is 13.8 Å². The van der Waals surface area contributed by atoms with Crippen molar-refractivity contribution in [3.8, 4) is 0 Å². The first-order valence-electron chi connectivity index (χ1n) is 7.19. The van der Waals surface area contributed by atoms with Gasteiger partial charge >= 0.3 is 0 Å². The van der Waals surface area contributed by atoms with Crippen molar-refractivity contribution in [2.45, 2.75) is 26.7 Å². The summed E-state index contributed by atoms with van der Waals surface area (Å²) in [5.74, 6) is 1.67. The van der Waals surface area contributed by atoms with Gasteiger partial charge in [0.15, 0.2) is 0 Å². The summed E-state index contributed by atoms with van der Waals surface area (Å²) in [4.78, 5) is 4.97. The Balaban J connectivity index is 2.13. The van der Waals surface area contributed by atoms with Crippen LogP contribution in [0.5, 0.6) is 0 Å². The predicted octanol–water partition coefficient (Wildman–Crippen LogP) is 1.51. The summed E-state index contributed by atoms with van der Waals surface area (Å²) < 4.78 is 0. The molecule has 17 heavy (non-hydrogen) atoms. The van der Waals surface area contributed by atoms with Crippen LogP contribution in [0.15, 0.2) is 0 Å². The number of nitrogens with zero attached hydrogens (tertiary/aromatic N) is 2. The van der Waals surface area contributed by atoms with Crippen LogP contribution in [-0.4, -0.2) is 63.2 Å². The molecule has 0 aromatic carbocycles. The quantitative estimate of drug-likeness (QED) is 0.729. The van der Waals surface area contributed by atoms with Crippen molar-refractivity contribution >= 4 is 0 Å². The SMILES string of the molecule is CCNCC(C)CN(C)CC1CCN(C)CC1. The number of hydrogen-bond donors (Lipinski definition) is 1. The van der Waals surface area contributed by atoms with Crippen molar-refractivity contribution in [1.29, 1.82) is 0 Å². The fourth-order valence-corrected chi connectivity index (χ4v) is 2.75. The molecule has 0 radical (unpaired) electrons. The molecule has 0 amide bonds. The molecule has 1 saturated heterocycles. The monoisotopic (exact) mass is 241 g/mol. The van der Waals surface area contributed by atoms with Gasteiger partial charge in [-0.15, -0.1) is 0 Å². The molecular formula is C14H31N3. The van der Waals surface area contributed by atoms with Crippen LogP contribution in [0.1, 0.15) is 26.7 Å². The highest BCUT2D eigenvalue weighted by Gasteiger charge is 2.18. The number of piperidine rings is 1. The second kappa shape index (κ2) is 8.06. The number of rotatable bonds is 7. The lowest BCUT2D eigenvalue weighted by Gasteiger charge is -2.32. The Bertz CT molecular complexity index is 188. The molecule has 0 aromatic rings. The summed E-state index contributed by atoms with van der Waals surface area (Å²) in [6.07, 6.45) is 2.75. The zero-order chi connectivity index (χ0) is 12.7. The molecule has 102 valence electrons. The van der Waals surface area contributed by atoms with E-state index in [1.807, 2.05) is 0 Å². The Labute approximate surface area is 108 Å². The molecule has 1 unspecified atom stereocenters. The fraction of sp³-hybridized carbons (Fsp3) is 1.00. The van der Waals surface area contributed by atoms with Gasteiger partial charge in [0.2, 0.25) is 0 Å². The van der Waals surface area contributed by atoms with E-state index in [1.165, 1.54) is 39.0 Å². The van der Waals surface area contributed by atoms with Crippen LogP contribution in [-0.2, 0) is 0 Å². The lowest BCUT2D eigenvalue weighted by Crippen LogP contribution is -2.38. The standard InChI is InChI=1S/C14H31N3/c1-5-15-10-13(2)11-17(4)12-14-6-8-16(3)9-7-14/h13-15H,5-12H2,1-4H3. The van der Waals surface area contributed by atoms with Crippen LogP contribution in [0, 0.1) is 11.8 Å². The van der Waals surface area contributed by atoms with E-state index in [4.69, 9.17) is 0 Å². The molecule has 1 atom stereocenters. The molecule has 0 saturated carbocycles. The maximum atomic E-state index is 3.43. The van der Waals surface area contributed by atoms with E-state index in [0.717, 1.165) is 24.9 Å². The van der Waals surface area contributed by atoms with Crippen molar-refractivity contribution in [1.82, 2.24) is 15.1 Å². The van der Waals surface area contributed by atoms with E-state index in [2.05, 4.69) is 43.1 Å². The van der Waals surface area contributed by atoms with E-state index in [9.17, 15) is 0 Å². The molecule has 0 aromatic heterocycles. The van der Waals surface area contributed by atoms with Gasteiger partial charge in [0.1, 0.15) is 0 Å². The Kier molecular flexibility index (Phi) is 7.09. The first kappa shape index (κ1) is 14.9. The maximum absolute atomic E-state index is 3.43. The van der Waals surface area contributed by atoms with Gasteiger partial charge < -0.3 is 15.1 Å². The Morgan fingerprint density at radius 3 is 2.59 bits per heavy atom. The van der Waals surface area contributed by atoms with E-state index in [0.29, 0.717) is 0 Å². The van der Waals surface area contributed by atoms with Crippen molar-refractivity contribution in [2.75, 3.05) is 53.4 Å². The fourth-order valence-electron chi connectivity index (χ4n) is 2.75. The Hall–Kier alpha value is -0.120. The average Bonchev–Trinajstić information content (AvgIpc) is 2.29. The van der Waals surface area contributed by atoms with Crippen LogP contribution in [0.3, 0.4) is 0 Å². The maximum Gasteiger partial charge on any atom is 0.00162 e. The molecule has 3 heteroatoms. The van der Waals surface area contributed by atoms with E-state index >= 15 is 0 Å². The minimum Gasteiger partial charge on any atom is -0.317 e. The molecule has 1 aliphatic rings. The minimum absolute atomic E-state index is 0.756. The third-order valence-electron chi connectivity index (χ3n) is 3.77. The third-order valence-corrected chi connectivity index (χ3v) is 3.77. The van der Waals surface area contributed by atoms with Gasteiger partial charge in [0, 0.05) is 13.1 Å². The first-order valence-corrected chi connectivity index (χ1v) is 7.19. The second-order valence-corrected chi connectivity index (χ2v) is 5.88. The summed E-state index contributed by atoms with van der Waals surface area (Å²) in [5, 5.41) is 3.43. The lowest BCUT2D eigenvalue weighted by molar-refractivity contribution is 0.167. The molecule has 1 fully saturated rings. The van der Waals surface area contributed by atoms with Crippen LogP contribution < -0.4 is 5.32 Å². The topological polar surface area (TPSA) is 18.5 Å². The second-order valence-electron chi connectivity index (χ2n) is 5.88. The van der Waals surface area contributed by atoms with E-state index in [1.54, 1.807) is 0 Å². The number of nitrogens with one attached hydrogen (secondary N) is 1. The zero-order valence-corrected chi connectivity index (χ0v) is 12.2. The Morgan fingerprint density at radius 1 is 1.35 bits per heavy atom. The van der Waals surface area contributed by atoms with Crippen LogP contribution in [0.2, 0.25) is 0 Å². The highest BCUT2D eigenvalue weighted by Crippen LogP contribution is 2.17. The van der Waals surface area contributed by atoms with Gasteiger partial charge in [-0.05, 0) is 65.0 Å². The molecule has 0 spiro atoms. The summed E-state index contributed by atoms with van der Waals surface area (Å²) in [6, 6.07) is 0. The van der Waals surface area contributed by atoms with Crippen LogP contribution in [0.25, 0.3) is 0 Å². The molecule has 3 nitrogen and oxygen atoms in total. The van der Waals surface area contributed by atoms with E-state index in [-0.39, 0.29) is 0 Å². The normalized spacial score (nSPS) is 21.0. The smallest absolute Gasteiger partial charge is 0.00162 e. The van der Waals surface area contributed by atoms with Gasteiger partial charge in [-0.3, -0.25) is 0 Å². The first-order chi connectivity index (χ1) is 8.11. The molecule has 0 aliphatic carbocycles. The van der Waals surface area contributed by atoms with Crippen molar-refractivity contribution in [3.63, 3.8) is 0 Å². The van der Waals surface area contributed by atoms with Gasteiger partial charge in [0.25, 0.3) is 0 Å². The van der Waals surface area contributed by atoms with Crippen molar-refractivity contribution in [2.24, 2.45) is 11.8 Å². The lowest BCUT2D eigenvalue weighted by atomic mass is 9.96. The average molecular weight is 241 g/mol. The minimum atomic E-state index is 0.756. The van der Waals surface area contributed by atoms with Gasteiger partial charge in [-0.25, -0.2) is 0 Å². The van der Waals surface area contributed by atoms with Crippen LogP contribution >= 0.6 is 0 Å². The zero-order valence-electron chi connectivity index (χ0n) is 12.2. The summed E-state index contributed by atoms with van der Waals surface area (Å²) in [7, 11) is 4.51.